The number of aryl methyl sites for hydroxylation is 1. The highest BCUT2D eigenvalue weighted by Gasteiger charge is 2.33. The first-order valence-corrected chi connectivity index (χ1v) is 11.0. The Labute approximate surface area is 183 Å². The first-order valence-electron chi connectivity index (χ1n) is 9.70. The molecule has 1 aliphatic rings. The van der Waals surface area contributed by atoms with E-state index < -0.39 is 5.25 Å². The third kappa shape index (κ3) is 4.57. The molecule has 1 atom stereocenters. The molecule has 1 fully saturated rings. The zero-order valence-electron chi connectivity index (χ0n) is 16.4. The van der Waals surface area contributed by atoms with Gasteiger partial charge in [0.2, 0.25) is 11.8 Å². The number of carbonyl (C=O) groups excluding carboxylic acids is 2. The van der Waals surface area contributed by atoms with Crippen molar-refractivity contribution in [3.05, 3.63) is 64.7 Å². The maximum absolute atomic E-state index is 13.1. The molecule has 1 aromatic heterocycles. The van der Waals surface area contributed by atoms with Crippen LogP contribution in [0.15, 0.2) is 58.2 Å². The van der Waals surface area contributed by atoms with Crippen LogP contribution < -0.4 is 0 Å². The molecule has 2 heterocycles. The molecule has 3 aromatic rings. The molecule has 0 unspecified atom stereocenters. The summed E-state index contributed by atoms with van der Waals surface area (Å²) < 4.78 is 5.77. The fourth-order valence-corrected chi connectivity index (χ4v) is 4.36. The average molecular weight is 442 g/mol. The number of hydrogen-bond acceptors (Lipinski definition) is 6. The van der Waals surface area contributed by atoms with Gasteiger partial charge in [-0.25, -0.2) is 0 Å². The Morgan fingerprint density at radius 1 is 1.10 bits per heavy atom. The third-order valence-corrected chi connectivity index (χ3v) is 6.26. The van der Waals surface area contributed by atoms with Gasteiger partial charge in [0.25, 0.3) is 11.1 Å². The van der Waals surface area contributed by atoms with Gasteiger partial charge < -0.3 is 4.42 Å². The number of carbonyl (C=O) groups is 2. The lowest BCUT2D eigenvalue weighted by Gasteiger charge is -2.21. The molecule has 2 aromatic carbocycles. The van der Waals surface area contributed by atoms with E-state index in [0.29, 0.717) is 34.7 Å². The van der Waals surface area contributed by atoms with Crippen LogP contribution in [0.5, 0.6) is 0 Å². The summed E-state index contributed by atoms with van der Waals surface area (Å²) in [5.41, 5.74) is 2.41. The second kappa shape index (κ2) is 9.02. The van der Waals surface area contributed by atoms with Gasteiger partial charge in [0.05, 0.1) is 5.25 Å². The number of imide groups is 1. The standard InChI is InChI=1S/C22H20ClN3O3S/c1-14-5-7-15(8-6-14)19-24-25-22(29-19)30-18-4-2-3-13-26(21(18)28)20(27)16-9-11-17(23)12-10-16/h5-12,18H,2-4,13H2,1H3/t18-/m0/s1. The number of halogens is 1. The topological polar surface area (TPSA) is 76.3 Å². The van der Waals surface area contributed by atoms with Crippen LogP contribution in [0.3, 0.4) is 0 Å². The van der Waals surface area contributed by atoms with Gasteiger partial charge in [-0.3, -0.25) is 14.5 Å². The Bertz CT molecular complexity index is 1050. The van der Waals surface area contributed by atoms with Crippen molar-refractivity contribution in [2.75, 3.05) is 6.54 Å². The maximum atomic E-state index is 13.1. The van der Waals surface area contributed by atoms with Crippen molar-refractivity contribution in [1.29, 1.82) is 0 Å². The third-order valence-electron chi connectivity index (χ3n) is 4.92. The number of amides is 2. The molecule has 2 amide bonds. The quantitative estimate of drug-likeness (QED) is 0.529. The highest BCUT2D eigenvalue weighted by Crippen LogP contribution is 2.31. The Morgan fingerprint density at radius 3 is 2.57 bits per heavy atom. The van der Waals surface area contributed by atoms with Crippen LogP contribution >= 0.6 is 23.4 Å². The highest BCUT2D eigenvalue weighted by molar-refractivity contribution is 8.00. The van der Waals surface area contributed by atoms with E-state index >= 15 is 0 Å². The lowest BCUT2D eigenvalue weighted by Crippen LogP contribution is -2.41. The van der Waals surface area contributed by atoms with E-state index in [4.69, 9.17) is 16.0 Å². The lowest BCUT2D eigenvalue weighted by atomic mass is 10.1. The molecule has 0 N–H and O–H groups in total. The number of benzene rings is 2. The summed E-state index contributed by atoms with van der Waals surface area (Å²) in [5, 5.41) is 8.61. The van der Waals surface area contributed by atoms with E-state index in [-0.39, 0.29) is 11.8 Å². The maximum Gasteiger partial charge on any atom is 0.277 e. The van der Waals surface area contributed by atoms with E-state index in [1.54, 1.807) is 24.3 Å². The van der Waals surface area contributed by atoms with E-state index in [2.05, 4.69) is 10.2 Å². The number of hydrogen-bond donors (Lipinski definition) is 0. The van der Waals surface area contributed by atoms with Crippen LogP contribution in [0.2, 0.25) is 5.02 Å². The summed E-state index contributed by atoms with van der Waals surface area (Å²) in [7, 11) is 0. The monoisotopic (exact) mass is 441 g/mol. The van der Waals surface area contributed by atoms with Crippen LogP contribution in [0.25, 0.3) is 11.5 Å². The molecule has 0 saturated carbocycles. The smallest absolute Gasteiger partial charge is 0.277 e. The van der Waals surface area contributed by atoms with Crippen molar-refractivity contribution in [2.45, 2.75) is 36.7 Å². The Morgan fingerprint density at radius 2 is 1.83 bits per heavy atom. The summed E-state index contributed by atoms with van der Waals surface area (Å²) in [6, 6.07) is 14.3. The fourth-order valence-electron chi connectivity index (χ4n) is 3.26. The SMILES string of the molecule is Cc1ccc(-c2nnc(S[C@H]3CCCCN(C(=O)c4ccc(Cl)cc4)C3=O)o2)cc1. The molecule has 4 rings (SSSR count). The molecule has 6 nitrogen and oxygen atoms in total. The number of aromatic nitrogens is 2. The molecule has 8 heteroatoms. The van der Waals surface area contributed by atoms with Gasteiger partial charge in [-0.05, 0) is 56.2 Å². The molecule has 0 bridgehead atoms. The van der Waals surface area contributed by atoms with Gasteiger partial charge in [-0.2, -0.15) is 0 Å². The van der Waals surface area contributed by atoms with Gasteiger partial charge in [-0.15, -0.1) is 10.2 Å². The van der Waals surface area contributed by atoms with Crippen molar-refractivity contribution in [2.24, 2.45) is 0 Å². The Kier molecular flexibility index (Phi) is 6.20. The van der Waals surface area contributed by atoms with Gasteiger partial charge in [0.15, 0.2) is 0 Å². The predicted molar refractivity (Wildman–Crippen MR) is 115 cm³/mol. The van der Waals surface area contributed by atoms with E-state index in [1.165, 1.54) is 16.7 Å². The second-order valence-electron chi connectivity index (χ2n) is 7.14. The Hall–Kier alpha value is -2.64. The van der Waals surface area contributed by atoms with Crippen molar-refractivity contribution in [3.63, 3.8) is 0 Å². The van der Waals surface area contributed by atoms with Crippen LogP contribution in [-0.2, 0) is 4.79 Å². The van der Waals surface area contributed by atoms with Gasteiger partial charge in [0.1, 0.15) is 0 Å². The van der Waals surface area contributed by atoms with Crippen molar-refractivity contribution in [3.8, 4) is 11.5 Å². The predicted octanol–water partition coefficient (Wildman–Crippen LogP) is 5.01. The summed E-state index contributed by atoms with van der Waals surface area (Å²) in [5.74, 6) is -0.129. The van der Waals surface area contributed by atoms with Crippen LogP contribution in [0.1, 0.15) is 35.2 Å². The number of rotatable bonds is 4. The molecule has 0 aliphatic carbocycles. The zero-order valence-corrected chi connectivity index (χ0v) is 17.9. The number of nitrogens with zero attached hydrogens (tertiary/aromatic N) is 3. The summed E-state index contributed by atoms with van der Waals surface area (Å²) in [6.45, 7) is 2.41. The average Bonchev–Trinajstić information content (AvgIpc) is 3.14. The summed E-state index contributed by atoms with van der Waals surface area (Å²) in [4.78, 5) is 27.3. The zero-order chi connectivity index (χ0) is 21.1. The largest absolute Gasteiger partial charge is 0.411 e. The first-order chi connectivity index (χ1) is 14.5. The molecule has 1 saturated heterocycles. The minimum atomic E-state index is -0.449. The van der Waals surface area contributed by atoms with Crippen molar-refractivity contribution < 1.29 is 14.0 Å². The van der Waals surface area contributed by atoms with Crippen LogP contribution in [0, 0.1) is 6.92 Å². The van der Waals surface area contributed by atoms with Crippen molar-refractivity contribution in [1.82, 2.24) is 15.1 Å². The molecular formula is C22H20ClN3O3S. The fraction of sp³-hybridized carbons (Fsp3) is 0.273. The molecule has 0 radical (unpaired) electrons. The minimum Gasteiger partial charge on any atom is -0.411 e. The van der Waals surface area contributed by atoms with Crippen molar-refractivity contribution >= 4 is 35.2 Å². The molecular weight excluding hydrogens is 422 g/mol. The normalized spacial score (nSPS) is 17.1. The van der Waals surface area contributed by atoms with E-state index in [1.807, 2.05) is 31.2 Å². The van der Waals surface area contributed by atoms with Crippen LogP contribution in [0.4, 0.5) is 0 Å². The van der Waals surface area contributed by atoms with Crippen LogP contribution in [-0.4, -0.2) is 38.7 Å². The Balaban J connectivity index is 1.50. The molecule has 30 heavy (non-hydrogen) atoms. The lowest BCUT2D eigenvalue weighted by molar-refractivity contribution is -0.127. The van der Waals surface area contributed by atoms with E-state index in [0.717, 1.165) is 24.0 Å². The second-order valence-corrected chi connectivity index (χ2v) is 8.73. The highest BCUT2D eigenvalue weighted by atomic mass is 35.5. The minimum absolute atomic E-state index is 0.229. The first kappa shape index (κ1) is 20.6. The molecule has 0 spiro atoms. The number of likely N-dealkylation sites (tertiary alicyclic amines) is 1. The van der Waals surface area contributed by atoms with E-state index in [9.17, 15) is 9.59 Å². The van der Waals surface area contributed by atoms with Gasteiger partial charge in [-0.1, -0.05) is 47.5 Å². The molecule has 1 aliphatic heterocycles. The van der Waals surface area contributed by atoms with Gasteiger partial charge >= 0.3 is 0 Å². The van der Waals surface area contributed by atoms with Gasteiger partial charge in [0, 0.05) is 22.7 Å². The number of thioether (sulfide) groups is 1. The summed E-state index contributed by atoms with van der Waals surface area (Å²) in [6.07, 6.45) is 2.25. The molecule has 154 valence electrons. The summed E-state index contributed by atoms with van der Waals surface area (Å²) >= 11 is 7.12.